The van der Waals surface area contributed by atoms with Crippen molar-refractivity contribution in [3.63, 3.8) is 0 Å². The van der Waals surface area contributed by atoms with Crippen LogP contribution in [0.4, 0.5) is 0 Å². The van der Waals surface area contributed by atoms with Crippen LogP contribution < -0.4 is 0 Å². The summed E-state index contributed by atoms with van der Waals surface area (Å²) in [4.78, 5) is 2.36. The van der Waals surface area contributed by atoms with Gasteiger partial charge in [-0.15, -0.1) is 0 Å². The summed E-state index contributed by atoms with van der Waals surface area (Å²) in [6, 6.07) is 6.42. The molecular weight excluding hydrogens is 214 g/mol. The van der Waals surface area contributed by atoms with E-state index in [1.54, 1.807) is 0 Å². The second-order valence-electron chi connectivity index (χ2n) is 4.78. The minimum absolute atomic E-state index is 0.0203. The molecule has 0 spiro atoms. The fraction of sp³-hybridized carbons (Fsp3) is 0.571. The summed E-state index contributed by atoms with van der Waals surface area (Å²) in [7, 11) is 0. The Morgan fingerprint density at radius 3 is 2.71 bits per heavy atom. The number of aliphatic hydroxyl groups excluding tert-OH is 1. The fourth-order valence-corrected chi connectivity index (χ4v) is 2.36. The zero-order valence-corrected chi connectivity index (χ0v) is 10.6. The lowest BCUT2D eigenvalue weighted by Gasteiger charge is -2.32. The molecule has 3 heteroatoms. The topological polar surface area (TPSA) is 32.7 Å². The van der Waals surface area contributed by atoms with E-state index < -0.39 is 0 Å². The van der Waals surface area contributed by atoms with Crippen molar-refractivity contribution in [3.05, 3.63) is 34.9 Å². The average Bonchev–Trinajstić information content (AvgIpc) is 2.34. The third-order valence-corrected chi connectivity index (χ3v) is 3.45. The molecule has 1 fully saturated rings. The van der Waals surface area contributed by atoms with Gasteiger partial charge in [-0.3, -0.25) is 4.90 Å². The van der Waals surface area contributed by atoms with E-state index in [-0.39, 0.29) is 12.7 Å². The SMILES string of the molecule is Cc1cccc(C)c1CN1CCOC(CO)C1. The summed E-state index contributed by atoms with van der Waals surface area (Å²) >= 11 is 0. The molecule has 0 aromatic heterocycles. The Morgan fingerprint density at radius 2 is 2.06 bits per heavy atom. The molecule has 17 heavy (non-hydrogen) atoms. The van der Waals surface area contributed by atoms with E-state index >= 15 is 0 Å². The lowest BCUT2D eigenvalue weighted by atomic mass is 10.0. The Hall–Kier alpha value is -0.900. The van der Waals surface area contributed by atoms with E-state index in [0.717, 1.165) is 26.2 Å². The van der Waals surface area contributed by atoms with Crippen molar-refractivity contribution in [3.8, 4) is 0 Å². The molecular formula is C14H21NO2. The highest BCUT2D eigenvalue weighted by atomic mass is 16.5. The maximum Gasteiger partial charge on any atom is 0.0933 e. The molecule has 1 heterocycles. The number of hydrogen-bond acceptors (Lipinski definition) is 3. The van der Waals surface area contributed by atoms with Crippen LogP contribution in [0.5, 0.6) is 0 Å². The first-order valence-electron chi connectivity index (χ1n) is 6.20. The molecule has 0 aliphatic carbocycles. The van der Waals surface area contributed by atoms with Crippen molar-refractivity contribution in [2.24, 2.45) is 0 Å². The Labute approximate surface area is 103 Å². The third-order valence-electron chi connectivity index (χ3n) is 3.45. The van der Waals surface area contributed by atoms with Gasteiger partial charge in [-0.25, -0.2) is 0 Å². The van der Waals surface area contributed by atoms with Crippen LogP contribution in [0.15, 0.2) is 18.2 Å². The summed E-state index contributed by atoms with van der Waals surface area (Å²) in [5, 5.41) is 9.13. The summed E-state index contributed by atoms with van der Waals surface area (Å²) in [6.07, 6.45) is -0.0203. The van der Waals surface area contributed by atoms with Crippen molar-refractivity contribution < 1.29 is 9.84 Å². The highest BCUT2D eigenvalue weighted by Crippen LogP contribution is 2.17. The van der Waals surface area contributed by atoms with Gasteiger partial charge in [0.2, 0.25) is 0 Å². The Kier molecular flexibility index (Phi) is 4.15. The molecule has 0 bridgehead atoms. The second kappa shape index (κ2) is 5.63. The van der Waals surface area contributed by atoms with Gasteiger partial charge in [-0.05, 0) is 30.5 Å². The van der Waals surface area contributed by atoms with Crippen LogP contribution >= 0.6 is 0 Å². The van der Waals surface area contributed by atoms with E-state index in [4.69, 9.17) is 9.84 Å². The zero-order valence-electron chi connectivity index (χ0n) is 10.6. The van der Waals surface area contributed by atoms with Gasteiger partial charge in [-0.1, -0.05) is 18.2 Å². The van der Waals surface area contributed by atoms with Crippen molar-refractivity contribution >= 4 is 0 Å². The number of benzene rings is 1. The van der Waals surface area contributed by atoms with Gasteiger partial charge in [-0.2, -0.15) is 0 Å². The van der Waals surface area contributed by atoms with Crippen LogP contribution in [-0.2, 0) is 11.3 Å². The molecule has 0 radical (unpaired) electrons. The normalized spacial score (nSPS) is 21.7. The lowest BCUT2D eigenvalue weighted by Crippen LogP contribution is -2.43. The van der Waals surface area contributed by atoms with Gasteiger partial charge >= 0.3 is 0 Å². The predicted octanol–water partition coefficient (Wildman–Crippen LogP) is 1.50. The summed E-state index contributed by atoms with van der Waals surface area (Å²) in [6.45, 7) is 7.88. The number of aryl methyl sites for hydroxylation is 2. The first-order valence-corrected chi connectivity index (χ1v) is 6.20. The molecule has 1 unspecified atom stereocenters. The average molecular weight is 235 g/mol. The molecule has 1 N–H and O–H groups in total. The second-order valence-corrected chi connectivity index (χ2v) is 4.78. The van der Waals surface area contributed by atoms with Crippen molar-refractivity contribution in [2.45, 2.75) is 26.5 Å². The van der Waals surface area contributed by atoms with E-state index in [2.05, 4.69) is 36.9 Å². The van der Waals surface area contributed by atoms with Crippen LogP contribution in [0.2, 0.25) is 0 Å². The smallest absolute Gasteiger partial charge is 0.0933 e. The lowest BCUT2D eigenvalue weighted by molar-refractivity contribution is -0.0551. The molecule has 0 amide bonds. The monoisotopic (exact) mass is 235 g/mol. The zero-order chi connectivity index (χ0) is 12.3. The van der Waals surface area contributed by atoms with Crippen LogP contribution in [0.1, 0.15) is 16.7 Å². The molecule has 1 aromatic rings. The number of aliphatic hydroxyl groups is 1. The number of nitrogens with zero attached hydrogens (tertiary/aromatic N) is 1. The van der Waals surface area contributed by atoms with Gasteiger partial charge in [0.25, 0.3) is 0 Å². The van der Waals surface area contributed by atoms with Crippen molar-refractivity contribution in [1.29, 1.82) is 0 Å². The largest absolute Gasteiger partial charge is 0.394 e. The molecule has 1 atom stereocenters. The summed E-state index contributed by atoms with van der Waals surface area (Å²) in [5.41, 5.74) is 4.10. The molecule has 1 aliphatic rings. The number of hydrogen-bond donors (Lipinski definition) is 1. The van der Waals surface area contributed by atoms with E-state index in [0.29, 0.717) is 0 Å². The summed E-state index contributed by atoms with van der Waals surface area (Å²) < 4.78 is 5.46. The first-order chi connectivity index (χ1) is 8.20. The van der Waals surface area contributed by atoms with Gasteiger partial charge in [0.15, 0.2) is 0 Å². The van der Waals surface area contributed by atoms with E-state index in [1.807, 2.05) is 0 Å². The predicted molar refractivity (Wildman–Crippen MR) is 68.0 cm³/mol. The van der Waals surface area contributed by atoms with Gasteiger partial charge in [0.1, 0.15) is 0 Å². The summed E-state index contributed by atoms with van der Waals surface area (Å²) in [5.74, 6) is 0. The third kappa shape index (κ3) is 3.06. The number of ether oxygens (including phenoxy) is 1. The van der Waals surface area contributed by atoms with Crippen LogP contribution in [-0.4, -0.2) is 42.4 Å². The Balaban J connectivity index is 2.05. The molecule has 1 saturated heterocycles. The highest BCUT2D eigenvalue weighted by Gasteiger charge is 2.20. The highest BCUT2D eigenvalue weighted by molar-refractivity contribution is 5.33. The number of morpholine rings is 1. The minimum Gasteiger partial charge on any atom is -0.394 e. The number of rotatable bonds is 3. The van der Waals surface area contributed by atoms with Gasteiger partial charge < -0.3 is 9.84 Å². The van der Waals surface area contributed by atoms with Crippen LogP contribution in [0, 0.1) is 13.8 Å². The molecule has 94 valence electrons. The van der Waals surface area contributed by atoms with Crippen molar-refractivity contribution in [1.82, 2.24) is 4.90 Å². The van der Waals surface area contributed by atoms with Crippen LogP contribution in [0.25, 0.3) is 0 Å². The van der Waals surface area contributed by atoms with E-state index in [1.165, 1.54) is 16.7 Å². The molecule has 1 aliphatic heterocycles. The quantitative estimate of drug-likeness (QED) is 0.861. The maximum atomic E-state index is 9.13. The standard InChI is InChI=1S/C14H21NO2/c1-11-4-3-5-12(2)14(11)9-15-6-7-17-13(8-15)10-16/h3-5,13,16H,6-10H2,1-2H3. The maximum absolute atomic E-state index is 9.13. The minimum atomic E-state index is -0.0203. The van der Waals surface area contributed by atoms with E-state index in [9.17, 15) is 0 Å². The van der Waals surface area contributed by atoms with Crippen molar-refractivity contribution in [2.75, 3.05) is 26.3 Å². The molecule has 3 nitrogen and oxygen atoms in total. The molecule has 2 rings (SSSR count). The fourth-order valence-electron chi connectivity index (χ4n) is 2.36. The van der Waals surface area contributed by atoms with Crippen LogP contribution in [0.3, 0.4) is 0 Å². The molecule has 0 saturated carbocycles. The van der Waals surface area contributed by atoms with Gasteiger partial charge in [0, 0.05) is 19.6 Å². The molecule has 1 aromatic carbocycles. The van der Waals surface area contributed by atoms with Gasteiger partial charge in [0.05, 0.1) is 19.3 Å². The first kappa shape index (κ1) is 12.6. The Bertz CT molecular complexity index is 358. The Morgan fingerprint density at radius 1 is 1.35 bits per heavy atom.